The van der Waals surface area contributed by atoms with Crippen LogP contribution in [0.3, 0.4) is 0 Å². The van der Waals surface area contributed by atoms with Gasteiger partial charge in [-0.15, -0.1) is 0 Å². The van der Waals surface area contributed by atoms with Gasteiger partial charge in [0.1, 0.15) is 11.3 Å². The molecule has 1 aromatic heterocycles. The fourth-order valence-corrected chi connectivity index (χ4v) is 4.86. The highest BCUT2D eigenvalue weighted by molar-refractivity contribution is 8.14. The second-order valence-corrected chi connectivity index (χ2v) is 8.43. The van der Waals surface area contributed by atoms with Crippen LogP contribution in [0.25, 0.3) is 10.2 Å². The van der Waals surface area contributed by atoms with Crippen LogP contribution in [0.15, 0.2) is 47.5 Å². The van der Waals surface area contributed by atoms with E-state index in [2.05, 4.69) is 52.6 Å². The quantitative estimate of drug-likeness (QED) is 0.656. The van der Waals surface area contributed by atoms with Crippen molar-refractivity contribution in [2.45, 2.75) is 6.42 Å². The van der Waals surface area contributed by atoms with E-state index in [1.54, 1.807) is 18.4 Å². The molecule has 0 atom stereocenters. The molecular weight excluding hydrogens is 376 g/mol. The highest BCUT2D eigenvalue weighted by Gasteiger charge is 2.14. The third kappa shape index (κ3) is 4.20. The summed E-state index contributed by atoms with van der Waals surface area (Å²) in [6, 6.07) is 14.5. The summed E-state index contributed by atoms with van der Waals surface area (Å²) in [5, 5.41) is 5.46. The number of para-hydroxylation sites is 1. The van der Waals surface area contributed by atoms with Gasteiger partial charge in [0.25, 0.3) is 0 Å². The molecule has 0 saturated carbocycles. The molecule has 5 nitrogen and oxygen atoms in total. The van der Waals surface area contributed by atoms with Crippen molar-refractivity contribution in [3.05, 3.63) is 48.0 Å². The first-order valence-corrected chi connectivity index (χ1v) is 10.7. The number of anilines is 1. The number of amidine groups is 1. The van der Waals surface area contributed by atoms with E-state index in [4.69, 9.17) is 9.73 Å². The van der Waals surface area contributed by atoms with Crippen LogP contribution in [0.1, 0.15) is 5.56 Å². The van der Waals surface area contributed by atoms with Crippen LogP contribution >= 0.6 is 23.1 Å². The van der Waals surface area contributed by atoms with Crippen molar-refractivity contribution in [3.8, 4) is 5.75 Å². The molecule has 0 bridgehead atoms. The first-order valence-electron chi connectivity index (χ1n) is 8.92. The lowest BCUT2D eigenvalue weighted by Gasteiger charge is -2.09. The maximum absolute atomic E-state index is 5.38. The Labute approximate surface area is 167 Å². The first-order chi connectivity index (χ1) is 13.2. The van der Waals surface area contributed by atoms with Crippen molar-refractivity contribution in [2.24, 2.45) is 4.99 Å². The standard InChI is InChI=1S/C20H22N4OS2/c1-24-12-13-26-20(24)22-15-8-6-14(7-9-15)10-11-21-19-23-18-16(25-2)4-3-5-17(18)27-19/h3-9H,10-13H2,1-2H3,(H,21,23)/b22-20-. The number of aromatic nitrogens is 1. The number of thiazole rings is 1. The van der Waals surface area contributed by atoms with Crippen LogP contribution in [0.4, 0.5) is 10.8 Å². The Balaban J connectivity index is 1.35. The molecule has 0 amide bonds. The van der Waals surface area contributed by atoms with Gasteiger partial charge in [-0.05, 0) is 36.2 Å². The van der Waals surface area contributed by atoms with Gasteiger partial charge in [0, 0.05) is 25.9 Å². The molecular formula is C20H22N4OS2. The molecule has 0 radical (unpaired) electrons. The number of aliphatic imine (C=N–C) groups is 1. The number of hydrogen-bond acceptors (Lipinski definition) is 6. The number of ether oxygens (including phenoxy) is 1. The van der Waals surface area contributed by atoms with E-state index < -0.39 is 0 Å². The first kappa shape index (κ1) is 18.1. The van der Waals surface area contributed by atoms with Gasteiger partial charge >= 0.3 is 0 Å². The summed E-state index contributed by atoms with van der Waals surface area (Å²) in [5.74, 6) is 1.94. The average Bonchev–Trinajstić information content (AvgIpc) is 3.28. The van der Waals surface area contributed by atoms with Gasteiger partial charge in [-0.1, -0.05) is 41.3 Å². The van der Waals surface area contributed by atoms with E-state index >= 15 is 0 Å². The van der Waals surface area contributed by atoms with Gasteiger partial charge in [-0.2, -0.15) is 0 Å². The van der Waals surface area contributed by atoms with E-state index in [9.17, 15) is 0 Å². The Kier molecular flexibility index (Phi) is 5.50. The Morgan fingerprint density at radius 3 is 2.81 bits per heavy atom. The van der Waals surface area contributed by atoms with Gasteiger partial charge < -0.3 is 15.0 Å². The Hall–Kier alpha value is -2.25. The van der Waals surface area contributed by atoms with Crippen LogP contribution in [0.2, 0.25) is 0 Å². The van der Waals surface area contributed by atoms with Crippen molar-refractivity contribution in [2.75, 3.05) is 38.3 Å². The van der Waals surface area contributed by atoms with Crippen molar-refractivity contribution < 1.29 is 4.74 Å². The number of fused-ring (bicyclic) bond motifs is 1. The molecule has 1 fully saturated rings. The van der Waals surface area contributed by atoms with Gasteiger partial charge in [0.15, 0.2) is 10.3 Å². The van der Waals surface area contributed by atoms with Gasteiger partial charge in [0.05, 0.1) is 17.5 Å². The number of rotatable bonds is 6. The van der Waals surface area contributed by atoms with Gasteiger partial charge in [-0.25, -0.2) is 9.98 Å². The number of benzene rings is 2. The molecule has 1 aliphatic heterocycles. The van der Waals surface area contributed by atoms with Gasteiger partial charge in [0.2, 0.25) is 0 Å². The Bertz CT molecular complexity index is 952. The topological polar surface area (TPSA) is 49.8 Å². The Morgan fingerprint density at radius 1 is 1.22 bits per heavy atom. The second-order valence-electron chi connectivity index (χ2n) is 6.33. The molecule has 3 aromatic rings. The fraction of sp³-hybridized carbons (Fsp3) is 0.300. The normalized spacial score (nSPS) is 15.6. The minimum absolute atomic E-state index is 0.820. The zero-order valence-electron chi connectivity index (χ0n) is 15.4. The number of nitrogens with zero attached hydrogens (tertiary/aromatic N) is 3. The summed E-state index contributed by atoms with van der Waals surface area (Å²) in [5.41, 5.74) is 3.23. The van der Waals surface area contributed by atoms with Crippen molar-refractivity contribution in [3.63, 3.8) is 0 Å². The zero-order valence-corrected chi connectivity index (χ0v) is 17.1. The predicted octanol–water partition coefficient (Wildman–Crippen LogP) is 4.63. The summed E-state index contributed by atoms with van der Waals surface area (Å²) in [6.45, 7) is 1.92. The van der Waals surface area contributed by atoms with Crippen molar-refractivity contribution in [1.82, 2.24) is 9.88 Å². The van der Waals surface area contributed by atoms with Crippen molar-refractivity contribution >= 4 is 49.3 Å². The zero-order chi connectivity index (χ0) is 18.6. The molecule has 1 aliphatic rings. The molecule has 0 spiro atoms. The maximum atomic E-state index is 5.38. The summed E-state index contributed by atoms with van der Waals surface area (Å²) in [6.07, 6.45) is 0.943. The molecule has 4 rings (SSSR count). The number of thioether (sulfide) groups is 1. The molecule has 0 aliphatic carbocycles. The molecule has 140 valence electrons. The van der Waals surface area contributed by atoms with E-state index in [1.165, 1.54) is 5.56 Å². The smallest absolute Gasteiger partial charge is 0.183 e. The third-order valence-corrected chi connectivity index (χ3v) is 6.46. The lowest BCUT2D eigenvalue weighted by Crippen LogP contribution is -2.17. The van der Waals surface area contributed by atoms with Crippen LogP contribution in [-0.4, -0.2) is 48.1 Å². The predicted molar refractivity (Wildman–Crippen MR) is 117 cm³/mol. The summed E-state index contributed by atoms with van der Waals surface area (Å²) < 4.78 is 6.52. The number of methoxy groups -OCH3 is 1. The van der Waals surface area contributed by atoms with Crippen LogP contribution in [-0.2, 0) is 6.42 Å². The third-order valence-electron chi connectivity index (χ3n) is 4.44. The molecule has 27 heavy (non-hydrogen) atoms. The van der Waals surface area contributed by atoms with Crippen LogP contribution in [0, 0.1) is 0 Å². The SMILES string of the molecule is COc1cccc2sc(NCCc3ccc(/N=C4\SCCN4C)cc3)nc12. The lowest BCUT2D eigenvalue weighted by atomic mass is 10.1. The molecule has 0 unspecified atom stereocenters. The summed E-state index contributed by atoms with van der Waals surface area (Å²) in [7, 11) is 3.77. The van der Waals surface area contributed by atoms with Crippen LogP contribution in [0.5, 0.6) is 5.75 Å². The molecule has 1 N–H and O–H groups in total. The minimum Gasteiger partial charge on any atom is -0.494 e. The minimum atomic E-state index is 0.820. The lowest BCUT2D eigenvalue weighted by molar-refractivity contribution is 0.419. The molecule has 7 heteroatoms. The average molecular weight is 399 g/mol. The maximum Gasteiger partial charge on any atom is 0.183 e. The van der Waals surface area contributed by atoms with Gasteiger partial charge in [-0.3, -0.25) is 0 Å². The monoisotopic (exact) mass is 398 g/mol. The number of hydrogen-bond donors (Lipinski definition) is 1. The largest absolute Gasteiger partial charge is 0.494 e. The Morgan fingerprint density at radius 2 is 2.07 bits per heavy atom. The van der Waals surface area contributed by atoms with Crippen LogP contribution < -0.4 is 10.1 Å². The number of nitrogens with one attached hydrogen (secondary N) is 1. The van der Waals surface area contributed by atoms with E-state index in [0.29, 0.717) is 0 Å². The summed E-state index contributed by atoms with van der Waals surface area (Å²) in [4.78, 5) is 11.6. The second kappa shape index (κ2) is 8.19. The molecule has 2 aromatic carbocycles. The van der Waals surface area contributed by atoms with E-state index in [-0.39, 0.29) is 0 Å². The summed E-state index contributed by atoms with van der Waals surface area (Å²) >= 11 is 3.47. The molecule has 1 saturated heterocycles. The highest BCUT2D eigenvalue weighted by atomic mass is 32.2. The van der Waals surface area contributed by atoms with E-state index in [1.807, 2.05) is 23.9 Å². The fourth-order valence-electron chi connectivity index (χ4n) is 2.92. The van der Waals surface area contributed by atoms with E-state index in [0.717, 1.165) is 57.2 Å². The van der Waals surface area contributed by atoms with Crippen molar-refractivity contribution in [1.29, 1.82) is 0 Å². The highest BCUT2D eigenvalue weighted by Crippen LogP contribution is 2.32. The molecule has 2 heterocycles.